The molecule has 0 aliphatic rings. The lowest BCUT2D eigenvalue weighted by molar-refractivity contribution is 1.42. The molecule has 0 heterocycles. The van der Waals surface area contributed by atoms with Gasteiger partial charge in [0.25, 0.3) is 0 Å². The number of nitrogens with one attached hydrogen (secondary N) is 1. The van der Waals surface area contributed by atoms with Crippen LogP contribution in [0.4, 0.5) is 0 Å². The van der Waals surface area contributed by atoms with E-state index in [1.807, 2.05) is 66.7 Å². The van der Waals surface area contributed by atoms with Crippen LogP contribution in [0.1, 0.15) is 16.7 Å². The SMILES string of the molecule is N=C(N)c1ccccc1/C=C/c1ccccc1. The van der Waals surface area contributed by atoms with Gasteiger partial charge >= 0.3 is 0 Å². The molecule has 2 nitrogen and oxygen atoms in total. The third-order valence-electron chi connectivity index (χ3n) is 2.51. The van der Waals surface area contributed by atoms with Gasteiger partial charge in [0.15, 0.2) is 0 Å². The van der Waals surface area contributed by atoms with E-state index in [1.54, 1.807) is 0 Å². The van der Waals surface area contributed by atoms with Crippen LogP contribution in [0.15, 0.2) is 54.6 Å². The zero-order chi connectivity index (χ0) is 12.1. The Kier molecular flexibility index (Phi) is 3.36. The molecule has 0 saturated heterocycles. The van der Waals surface area contributed by atoms with Crippen LogP contribution < -0.4 is 5.73 Å². The molecule has 0 aliphatic heterocycles. The van der Waals surface area contributed by atoms with Crippen molar-refractivity contribution in [3.8, 4) is 0 Å². The highest BCUT2D eigenvalue weighted by Gasteiger charge is 2.00. The standard InChI is InChI=1S/C15H14N2/c16-15(17)14-9-5-4-8-13(14)11-10-12-6-2-1-3-7-12/h1-11H,(H3,16,17)/b11-10+. The van der Waals surface area contributed by atoms with Crippen molar-refractivity contribution in [2.75, 3.05) is 0 Å². The van der Waals surface area contributed by atoms with Gasteiger partial charge in [0.05, 0.1) is 0 Å². The summed E-state index contributed by atoms with van der Waals surface area (Å²) in [5, 5.41) is 7.50. The lowest BCUT2D eigenvalue weighted by Gasteiger charge is -2.02. The Bertz CT molecular complexity index is 542. The van der Waals surface area contributed by atoms with Crippen molar-refractivity contribution in [2.24, 2.45) is 5.73 Å². The summed E-state index contributed by atoms with van der Waals surface area (Å²) in [6, 6.07) is 17.7. The summed E-state index contributed by atoms with van der Waals surface area (Å²) in [6.07, 6.45) is 3.99. The van der Waals surface area contributed by atoms with Crippen molar-refractivity contribution in [1.29, 1.82) is 5.41 Å². The number of rotatable bonds is 3. The van der Waals surface area contributed by atoms with Crippen LogP contribution in [-0.2, 0) is 0 Å². The average molecular weight is 222 g/mol. The monoisotopic (exact) mass is 222 g/mol. The maximum Gasteiger partial charge on any atom is 0.123 e. The summed E-state index contributed by atoms with van der Waals surface area (Å²) < 4.78 is 0. The maximum absolute atomic E-state index is 7.50. The van der Waals surface area contributed by atoms with Gasteiger partial charge in [-0.2, -0.15) is 0 Å². The van der Waals surface area contributed by atoms with Crippen LogP contribution in [0.5, 0.6) is 0 Å². The quantitative estimate of drug-likeness (QED) is 0.468. The van der Waals surface area contributed by atoms with Crippen LogP contribution in [0, 0.1) is 5.41 Å². The minimum Gasteiger partial charge on any atom is -0.384 e. The first-order valence-electron chi connectivity index (χ1n) is 5.44. The molecule has 2 heteroatoms. The first-order valence-corrected chi connectivity index (χ1v) is 5.44. The van der Waals surface area contributed by atoms with E-state index in [9.17, 15) is 0 Å². The molecule has 0 bridgehead atoms. The minimum absolute atomic E-state index is 0.0957. The first-order chi connectivity index (χ1) is 8.27. The highest BCUT2D eigenvalue weighted by molar-refractivity contribution is 5.99. The second-order valence-electron chi connectivity index (χ2n) is 3.74. The molecule has 2 aromatic rings. The molecule has 0 spiro atoms. The molecular formula is C15H14N2. The van der Waals surface area contributed by atoms with Gasteiger partial charge in [-0.1, -0.05) is 66.7 Å². The van der Waals surface area contributed by atoms with Gasteiger partial charge in [-0.15, -0.1) is 0 Å². The van der Waals surface area contributed by atoms with Crippen molar-refractivity contribution >= 4 is 18.0 Å². The van der Waals surface area contributed by atoms with Crippen LogP contribution in [0.2, 0.25) is 0 Å². The normalized spacial score (nSPS) is 10.6. The largest absolute Gasteiger partial charge is 0.384 e. The summed E-state index contributed by atoms with van der Waals surface area (Å²) >= 11 is 0. The van der Waals surface area contributed by atoms with Gasteiger partial charge in [0, 0.05) is 5.56 Å². The fourth-order valence-corrected chi connectivity index (χ4v) is 1.64. The fourth-order valence-electron chi connectivity index (χ4n) is 1.64. The van der Waals surface area contributed by atoms with Crippen LogP contribution in [-0.4, -0.2) is 5.84 Å². The molecule has 2 aromatic carbocycles. The van der Waals surface area contributed by atoms with Crippen LogP contribution in [0.25, 0.3) is 12.2 Å². The van der Waals surface area contributed by atoms with E-state index >= 15 is 0 Å². The van der Waals surface area contributed by atoms with Crippen molar-refractivity contribution in [3.05, 3.63) is 71.3 Å². The number of nitrogen functional groups attached to an aromatic ring is 1. The highest BCUT2D eigenvalue weighted by atomic mass is 14.7. The zero-order valence-electron chi connectivity index (χ0n) is 9.43. The third kappa shape index (κ3) is 2.82. The molecule has 84 valence electrons. The van der Waals surface area contributed by atoms with Crippen molar-refractivity contribution in [2.45, 2.75) is 0 Å². The van der Waals surface area contributed by atoms with Crippen molar-refractivity contribution in [1.82, 2.24) is 0 Å². The van der Waals surface area contributed by atoms with E-state index in [-0.39, 0.29) is 5.84 Å². The molecule has 2 rings (SSSR count). The second kappa shape index (κ2) is 5.12. The predicted molar refractivity (Wildman–Crippen MR) is 72.8 cm³/mol. The van der Waals surface area contributed by atoms with E-state index in [0.717, 1.165) is 16.7 Å². The van der Waals surface area contributed by atoms with E-state index in [2.05, 4.69) is 0 Å². The van der Waals surface area contributed by atoms with E-state index in [0.29, 0.717) is 0 Å². The zero-order valence-corrected chi connectivity index (χ0v) is 9.43. The molecule has 0 aromatic heterocycles. The molecule has 3 N–H and O–H groups in total. The fraction of sp³-hybridized carbons (Fsp3) is 0. The summed E-state index contributed by atoms with van der Waals surface area (Å²) in [4.78, 5) is 0. The lowest BCUT2D eigenvalue weighted by atomic mass is 10.1. The van der Waals surface area contributed by atoms with E-state index in [4.69, 9.17) is 11.1 Å². The van der Waals surface area contributed by atoms with E-state index < -0.39 is 0 Å². The number of nitrogens with two attached hydrogens (primary N) is 1. The summed E-state index contributed by atoms with van der Waals surface area (Å²) in [5.74, 6) is 0.0957. The molecular weight excluding hydrogens is 208 g/mol. The Morgan fingerprint density at radius 3 is 2.24 bits per heavy atom. The smallest absolute Gasteiger partial charge is 0.123 e. The van der Waals surface area contributed by atoms with E-state index in [1.165, 1.54) is 0 Å². The maximum atomic E-state index is 7.50. The minimum atomic E-state index is 0.0957. The Balaban J connectivity index is 2.30. The number of hydrogen-bond acceptors (Lipinski definition) is 1. The van der Waals surface area contributed by atoms with Gasteiger partial charge in [-0.25, -0.2) is 0 Å². The van der Waals surface area contributed by atoms with Gasteiger partial charge in [0.2, 0.25) is 0 Å². The molecule has 0 aliphatic carbocycles. The summed E-state index contributed by atoms with van der Waals surface area (Å²) in [7, 11) is 0. The molecule has 0 unspecified atom stereocenters. The number of amidine groups is 1. The topological polar surface area (TPSA) is 49.9 Å². The number of benzene rings is 2. The molecule has 0 fully saturated rings. The summed E-state index contributed by atoms with van der Waals surface area (Å²) in [5.41, 5.74) is 8.39. The van der Waals surface area contributed by atoms with Gasteiger partial charge in [-0.05, 0) is 11.1 Å². The molecule has 0 atom stereocenters. The Labute approximate surface area is 101 Å². The lowest BCUT2D eigenvalue weighted by Crippen LogP contribution is -2.12. The van der Waals surface area contributed by atoms with Gasteiger partial charge in [-0.3, -0.25) is 5.41 Å². The molecule has 0 saturated carbocycles. The molecule has 17 heavy (non-hydrogen) atoms. The third-order valence-corrected chi connectivity index (χ3v) is 2.51. The molecule has 0 amide bonds. The average Bonchev–Trinajstić information content (AvgIpc) is 2.38. The van der Waals surface area contributed by atoms with Crippen molar-refractivity contribution in [3.63, 3.8) is 0 Å². The Morgan fingerprint density at radius 1 is 0.882 bits per heavy atom. The number of hydrogen-bond donors (Lipinski definition) is 2. The Hall–Kier alpha value is -2.35. The van der Waals surface area contributed by atoms with Crippen molar-refractivity contribution < 1.29 is 0 Å². The Morgan fingerprint density at radius 2 is 1.53 bits per heavy atom. The second-order valence-corrected chi connectivity index (χ2v) is 3.74. The first kappa shape index (κ1) is 11.1. The molecule has 0 radical (unpaired) electrons. The van der Waals surface area contributed by atoms with Gasteiger partial charge < -0.3 is 5.73 Å². The van der Waals surface area contributed by atoms with Crippen LogP contribution in [0.3, 0.4) is 0 Å². The predicted octanol–water partition coefficient (Wildman–Crippen LogP) is 3.14. The van der Waals surface area contributed by atoms with Crippen LogP contribution >= 0.6 is 0 Å². The highest BCUT2D eigenvalue weighted by Crippen LogP contribution is 2.12. The summed E-state index contributed by atoms with van der Waals surface area (Å²) in [6.45, 7) is 0. The van der Waals surface area contributed by atoms with Gasteiger partial charge in [0.1, 0.15) is 5.84 Å².